The van der Waals surface area contributed by atoms with Gasteiger partial charge in [0.2, 0.25) is 3.79 Å². The van der Waals surface area contributed by atoms with Crippen LogP contribution in [0.15, 0.2) is 42.5 Å². The molecule has 24 heavy (non-hydrogen) atoms. The summed E-state index contributed by atoms with van der Waals surface area (Å²) >= 11 is 30.2. The fourth-order valence-electron chi connectivity index (χ4n) is 2.31. The first-order valence-corrected chi connectivity index (χ1v) is 8.69. The molecule has 3 aromatic rings. The SMILES string of the molecule is CN(c1ccc(Cl)cc1Cl)c1nc(C(Cl)(Cl)Cl)nc2ccccc12. The predicted molar refractivity (Wildman–Crippen MR) is 103 cm³/mol. The Bertz CT molecular complexity index is 908. The van der Waals surface area contributed by atoms with Crippen molar-refractivity contribution in [1.29, 1.82) is 0 Å². The number of anilines is 2. The minimum Gasteiger partial charge on any atom is -0.328 e. The first-order valence-electron chi connectivity index (χ1n) is 6.80. The van der Waals surface area contributed by atoms with Gasteiger partial charge < -0.3 is 4.90 Å². The molecular weight excluding hydrogens is 411 g/mol. The topological polar surface area (TPSA) is 29.0 Å². The maximum Gasteiger partial charge on any atom is 0.250 e. The summed E-state index contributed by atoms with van der Waals surface area (Å²) < 4.78 is -1.73. The maximum atomic E-state index is 6.31. The van der Waals surface area contributed by atoms with Crippen LogP contribution in [0.2, 0.25) is 10.0 Å². The molecule has 0 aliphatic heterocycles. The average Bonchev–Trinajstić information content (AvgIpc) is 2.52. The number of fused-ring (bicyclic) bond motifs is 1. The second-order valence-corrected chi connectivity index (χ2v) is 8.17. The Labute approximate surface area is 164 Å². The molecule has 124 valence electrons. The van der Waals surface area contributed by atoms with Crippen molar-refractivity contribution < 1.29 is 0 Å². The van der Waals surface area contributed by atoms with Gasteiger partial charge in [-0.05, 0) is 30.3 Å². The van der Waals surface area contributed by atoms with Gasteiger partial charge in [0.25, 0.3) is 0 Å². The Morgan fingerprint density at radius 1 is 0.958 bits per heavy atom. The molecule has 0 bridgehead atoms. The third-order valence-electron chi connectivity index (χ3n) is 3.43. The number of benzene rings is 2. The van der Waals surface area contributed by atoms with E-state index >= 15 is 0 Å². The van der Waals surface area contributed by atoms with E-state index in [9.17, 15) is 0 Å². The molecule has 8 heteroatoms. The van der Waals surface area contributed by atoms with Crippen LogP contribution in [0, 0.1) is 0 Å². The summed E-state index contributed by atoms with van der Waals surface area (Å²) in [6.45, 7) is 0. The van der Waals surface area contributed by atoms with Gasteiger partial charge in [-0.25, -0.2) is 9.97 Å². The quantitative estimate of drug-likeness (QED) is 0.441. The summed E-state index contributed by atoms with van der Waals surface area (Å²) in [7, 11) is 1.83. The summed E-state index contributed by atoms with van der Waals surface area (Å²) in [5.74, 6) is 0.671. The monoisotopic (exact) mass is 419 g/mol. The molecule has 0 fully saturated rings. The lowest BCUT2D eigenvalue weighted by molar-refractivity contribution is 0.975. The Morgan fingerprint density at radius 2 is 1.67 bits per heavy atom. The number of hydrogen-bond acceptors (Lipinski definition) is 3. The number of hydrogen-bond donors (Lipinski definition) is 0. The van der Waals surface area contributed by atoms with Crippen molar-refractivity contribution in [3.63, 3.8) is 0 Å². The lowest BCUT2D eigenvalue weighted by Gasteiger charge is -2.23. The fraction of sp³-hybridized carbons (Fsp3) is 0.125. The normalized spacial score (nSPS) is 11.8. The number of nitrogens with zero attached hydrogens (tertiary/aromatic N) is 3. The molecule has 0 radical (unpaired) electrons. The molecule has 0 aliphatic rings. The van der Waals surface area contributed by atoms with E-state index in [-0.39, 0.29) is 5.82 Å². The van der Waals surface area contributed by atoms with E-state index in [1.54, 1.807) is 18.2 Å². The summed E-state index contributed by atoms with van der Waals surface area (Å²) in [5, 5.41) is 1.85. The molecule has 3 nitrogen and oxygen atoms in total. The molecule has 0 amide bonds. The molecule has 1 aromatic heterocycles. The fourth-order valence-corrected chi connectivity index (χ4v) is 3.10. The van der Waals surface area contributed by atoms with E-state index < -0.39 is 3.79 Å². The largest absolute Gasteiger partial charge is 0.328 e. The molecule has 0 saturated heterocycles. The van der Waals surface area contributed by atoms with Crippen LogP contribution in [-0.2, 0) is 3.79 Å². The van der Waals surface area contributed by atoms with E-state index in [4.69, 9.17) is 58.0 Å². The Balaban J connectivity index is 2.23. The average molecular weight is 422 g/mol. The molecule has 0 saturated carbocycles. The standard InChI is InChI=1S/C16H10Cl5N3/c1-24(13-7-6-9(17)8-11(13)18)14-10-4-2-3-5-12(10)22-15(23-14)16(19,20)21/h2-8H,1H3. The zero-order valence-corrected chi connectivity index (χ0v) is 16.1. The second kappa shape index (κ2) is 6.74. The highest BCUT2D eigenvalue weighted by Crippen LogP contribution is 2.40. The van der Waals surface area contributed by atoms with Crippen molar-refractivity contribution in [3.8, 4) is 0 Å². The van der Waals surface area contributed by atoms with Crippen LogP contribution in [0.3, 0.4) is 0 Å². The van der Waals surface area contributed by atoms with Crippen molar-refractivity contribution in [1.82, 2.24) is 9.97 Å². The van der Waals surface area contributed by atoms with Crippen molar-refractivity contribution in [2.24, 2.45) is 0 Å². The first-order chi connectivity index (χ1) is 11.3. The maximum absolute atomic E-state index is 6.31. The van der Waals surface area contributed by atoms with Crippen molar-refractivity contribution >= 4 is 80.4 Å². The summed E-state index contributed by atoms with van der Waals surface area (Å²) in [6.07, 6.45) is 0. The Morgan fingerprint density at radius 3 is 2.33 bits per heavy atom. The smallest absolute Gasteiger partial charge is 0.250 e. The minimum absolute atomic E-state index is 0.0955. The zero-order valence-electron chi connectivity index (χ0n) is 12.3. The van der Waals surface area contributed by atoms with Gasteiger partial charge in [-0.2, -0.15) is 0 Å². The van der Waals surface area contributed by atoms with Crippen molar-refractivity contribution in [2.75, 3.05) is 11.9 Å². The van der Waals surface area contributed by atoms with Crippen LogP contribution in [0.1, 0.15) is 5.82 Å². The molecule has 1 heterocycles. The van der Waals surface area contributed by atoms with Crippen molar-refractivity contribution in [2.45, 2.75) is 3.79 Å². The third-order valence-corrected chi connectivity index (χ3v) is 4.47. The van der Waals surface area contributed by atoms with Gasteiger partial charge in [-0.15, -0.1) is 0 Å². The summed E-state index contributed by atoms with van der Waals surface area (Å²) in [5.41, 5.74) is 1.39. The Kier molecular flexibility index (Phi) is 5.01. The van der Waals surface area contributed by atoms with Crippen LogP contribution in [0.25, 0.3) is 10.9 Å². The number of aromatic nitrogens is 2. The molecule has 0 unspecified atom stereocenters. The number of rotatable bonds is 2. The summed E-state index contributed by atoms with van der Waals surface area (Å²) in [6, 6.07) is 12.7. The van der Waals surface area contributed by atoms with E-state index in [1.165, 1.54) is 0 Å². The van der Waals surface area contributed by atoms with Gasteiger partial charge in [-0.3, -0.25) is 0 Å². The molecule has 0 aliphatic carbocycles. The summed E-state index contributed by atoms with van der Waals surface area (Å²) in [4.78, 5) is 10.6. The molecule has 0 atom stereocenters. The molecule has 3 rings (SSSR count). The van der Waals surface area contributed by atoms with Gasteiger partial charge in [0.15, 0.2) is 5.82 Å². The van der Waals surface area contributed by atoms with Crippen LogP contribution < -0.4 is 4.90 Å². The van der Waals surface area contributed by atoms with Crippen LogP contribution in [0.4, 0.5) is 11.5 Å². The lowest BCUT2D eigenvalue weighted by Crippen LogP contribution is -2.16. The second-order valence-electron chi connectivity index (χ2n) is 5.04. The lowest BCUT2D eigenvalue weighted by atomic mass is 10.2. The van der Waals surface area contributed by atoms with Gasteiger partial charge in [0.05, 0.1) is 16.2 Å². The predicted octanol–water partition coefficient (Wildman–Crippen LogP) is 6.53. The Hall–Kier alpha value is -0.970. The number of halogens is 5. The van der Waals surface area contributed by atoms with Crippen LogP contribution in [0.5, 0.6) is 0 Å². The van der Waals surface area contributed by atoms with Crippen molar-refractivity contribution in [3.05, 3.63) is 58.3 Å². The van der Waals surface area contributed by atoms with Gasteiger partial charge in [0, 0.05) is 17.5 Å². The number of para-hydroxylation sites is 1. The van der Waals surface area contributed by atoms with Gasteiger partial charge in [-0.1, -0.05) is 70.1 Å². The van der Waals surface area contributed by atoms with Gasteiger partial charge in [0.1, 0.15) is 5.82 Å². The van der Waals surface area contributed by atoms with Crippen LogP contribution >= 0.6 is 58.0 Å². The highest BCUT2D eigenvalue weighted by atomic mass is 35.6. The molecular formula is C16H10Cl5N3. The number of alkyl halides is 3. The van der Waals surface area contributed by atoms with E-state index in [0.717, 1.165) is 11.1 Å². The van der Waals surface area contributed by atoms with E-state index in [2.05, 4.69) is 9.97 Å². The highest BCUT2D eigenvalue weighted by molar-refractivity contribution is 6.66. The molecule has 0 spiro atoms. The van der Waals surface area contributed by atoms with E-state index in [1.807, 2.05) is 36.2 Å². The van der Waals surface area contributed by atoms with Gasteiger partial charge >= 0.3 is 0 Å². The molecule has 2 aromatic carbocycles. The first kappa shape index (κ1) is 17.8. The van der Waals surface area contributed by atoms with Crippen LogP contribution in [-0.4, -0.2) is 17.0 Å². The van der Waals surface area contributed by atoms with E-state index in [0.29, 0.717) is 21.4 Å². The minimum atomic E-state index is -1.73. The zero-order chi connectivity index (χ0) is 17.5. The highest BCUT2D eigenvalue weighted by Gasteiger charge is 2.29. The third kappa shape index (κ3) is 3.51. The molecule has 0 N–H and O–H groups in total.